The predicted octanol–water partition coefficient (Wildman–Crippen LogP) is -0.0940. The van der Waals surface area contributed by atoms with Gasteiger partial charge in [0.2, 0.25) is 0 Å². The van der Waals surface area contributed by atoms with Crippen LogP contribution in [-0.2, 0) is 4.79 Å². The van der Waals surface area contributed by atoms with E-state index in [1.54, 1.807) is 0 Å². The summed E-state index contributed by atoms with van der Waals surface area (Å²) < 4.78 is 0. The molecule has 0 aliphatic heterocycles. The van der Waals surface area contributed by atoms with Gasteiger partial charge in [0.05, 0.1) is 0 Å². The SMILES string of the molecule is Br.NC(CS)C(=O)O. The Morgan fingerprint density at radius 1 is 1.88 bits per heavy atom. The highest BCUT2D eigenvalue weighted by molar-refractivity contribution is 8.93. The number of thiol groups is 1. The molecule has 0 aromatic heterocycles. The molecule has 0 aromatic carbocycles. The smallest absolute Gasteiger partial charge is 0.321 e. The van der Waals surface area contributed by atoms with Crippen LogP contribution in [0.1, 0.15) is 0 Å². The minimum atomic E-state index is -1.00. The number of hydrogen-bond donors (Lipinski definition) is 3. The molecular formula is C3H8BrNO2S. The van der Waals surface area contributed by atoms with Crippen LogP contribution in [0.2, 0.25) is 0 Å². The van der Waals surface area contributed by atoms with Crippen molar-refractivity contribution in [1.82, 2.24) is 0 Å². The second-order valence-corrected chi connectivity index (χ2v) is 1.49. The molecule has 0 saturated heterocycles. The van der Waals surface area contributed by atoms with E-state index in [0.29, 0.717) is 0 Å². The molecule has 0 radical (unpaired) electrons. The highest BCUT2D eigenvalue weighted by Gasteiger charge is 2.06. The Kier molecular flexibility index (Phi) is 7.50. The van der Waals surface area contributed by atoms with Crippen LogP contribution in [0, 0.1) is 0 Å². The van der Waals surface area contributed by atoms with E-state index >= 15 is 0 Å². The number of carboxylic acids is 1. The highest BCUT2D eigenvalue weighted by Crippen LogP contribution is 1.80. The third kappa shape index (κ3) is 4.42. The lowest BCUT2D eigenvalue weighted by Crippen LogP contribution is -2.31. The Morgan fingerprint density at radius 2 is 2.25 bits per heavy atom. The highest BCUT2D eigenvalue weighted by atomic mass is 79.9. The Hall–Kier alpha value is 0.260. The molecule has 0 heterocycles. The van der Waals surface area contributed by atoms with Crippen molar-refractivity contribution < 1.29 is 9.90 Å². The summed E-state index contributed by atoms with van der Waals surface area (Å²) in [6.07, 6.45) is 0. The quantitative estimate of drug-likeness (QED) is 0.548. The molecular weight excluding hydrogens is 194 g/mol. The molecule has 3 nitrogen and oxygen atoms in total. The van der Waals surface area contributed by atoms with Crippen molar-refractivity contribution in [2.75, 3.05) is 5.75 Å². The summed E-state index contributed by atoms with van der Waals surface area (Å²) in [4.78, 5) is 9.76. The topological polar surface area (TPSA) is 63.3 Å². The summed E-state index contributed by atoms with van der Waals surface area (Å²) >= 11 is 3.65. The Labute approximate surface area is 63.4 Å². The summed E-state index contributed by atoms with van der Waals surface area (Å²) in [5, 5.41) is 8.01. The van der Waals surface area contributed by atoms with E-state index in [0.717, 1.165) is 0 Å². The van der Waals surface area contributed by atoms with E-state index in [1.165, 1.54) is 0 Å². The van der Waals surface area contributed by atoms with Gasteiger partial charge >= 0.3 is 5.97 Å². The van der Waals surface area contributed by atoms with Crippen LogP contribution < -0.4 is 5.73 Å². The largest absolute Gasteiger partial charge is 0.480 e. The fourth-order valence-corrected chi connectivity index (χ4v) is 0.234. The van der Waals surface area contributed by atoms with Crippen LogP contribution in [0.15, 0.2) is 0 Å². The van der Waals surface area contributed by atoms with Crippen molar-refractivity contribution in [2.24, 2.45) is 5.73 Å². The van der Waals surface area contributed by atoms with Crippen molar-refractivity contribution in [2.45, 2.75) is 6.04 Å². The molecule has 1 atom stereocenters. The van der Waals surface area contributed by atoms with E-state index < -0.39 is 12.0 Å². The number of carbonyl (C=O) groups is 1. The van der Waals surface area contributed by atoms with Gasteiger partial charge in [-0.05, 0) is 0 Å². The second-order valence-electron chi connectivity index (χ2n) is 1.13. The van der Waals surface area contributed by atoms with Crippen molar-refractivity contribution in [3.63, 3.8) is 0 Å². The Morgan fingerprint density at radius 3 is 2.25 bits per heavy atom. The van der Waals surface area contributed by atoms with Gasteiger partial charge in [0.25, 0.3) is 0 Å². The molecule has 0 rings (SSSR count). The molecule has 5 heteroatoms. The van der Waals surface area contributed by atoms with Gasteiger partial charge in [-0.3, -0.25) is 4.79 Å². The number of aliphatic carboxylic acids is 1. The van der Waals surface area contributed by atoms with Gasteiger partial charge < -0.3 is 10.8 Å². The molecule has 50 valence electrons. The standard InChI is InChI=1S/C3H7NO2S.BrH/c4-2(1-7)3(5)6;/h2,7H,1,4H2,(H,5,6);1H. The number of rotatable bonds is 2. The van der Waals surface area contributed by atoms with Crippen molar-refractivity contribution in [1.29, 1.82) is 0 Å². The van der Waals surface area contributed by atoms with E-state index in [9.17, 15) is 4.79 Å². The molecule has 8 heavy (non-hydrogen) atoms. The molecule has 0 bridgehead atoms. The van der Waals surface area contributed by atoms with Crippen molar-refractivity contribution in [3.05, 3.63) is 0 Å². The third-order valence-electron chi connectivity index (χ3n) is 0.514. The monoisotopic (exact) mass is 201 g/mol. The summed E-state index contributed by atoms with van der Waals surface area (Å²) in [5.74, 6) is -0.815. The third-order valence-corrected chi connectivity index (χ3v) is 0.907. The van der Waals surface area contributed by atoms with E-state index in [-0.39, 0.29) is 22.7 Å². The molecule has 0 aromatic rings. The lowest BCUT2D eigenvalue weighted by Gasteiger charge is -1.96. The summed E-state index contributed by atoms with van der Waals surface area (Å²) in [6.45, 7) is 0. The number of halogens is 1. The van der Waals surface area contributed by atoms with Gasteiger partial charge in [0.15, 0.2) is 0 Å². The van der Waals surface area contributed by atoms with Gasteiger partial charge in [-0.15, -0.1) is 17.0 Å². The van der Waals surface area contributed by atoms with Crippen molar-refractivity contribution in [3.8, 4) is 0 Å². The normalized spacial score (nSPS) is 11.8. The van der Waals surface area contributed by atoms with Crippen LogP contribution in [-0.4, -0.2) is 22.9 Å². The van der Waals surface area contributed by atoms with Gasteiger partial charge in [-0.25, -0.2) is 0 Å². The zero-order valence-electron chi connectivity index (χ0n) is 4.07. The fourth-order valence-electron chi connectivity index (χ4n) is 0.0781. The van der Waals surface area contributed by atoms with Gasteiger partial charge in [-0.1, -0.05) is 0 Å². The lowest BCUT2D eigenvalue weighted by atomic mass is 10.4. The minimum Gasteiger partial charge on any atom is -0.480 e. The number of carboxylic acid groups (broad SMARTS) is 1. The van der Waals surface area contributed by atoms with E-state index in [4.69, 9.17) is 10.8 Å². The molecule has 0 aliphatic carbocycles. The molecule has 0 aliphatic rings. The fraction of sp³-hybridized carbons (Fsp3) is 0.667. The van der Waals surface area contributed by atoms with Gasteiger partial charge in [0, 0.05) is 5.75 Å². The first-order valence-electron chi connectivity index (χ1n) is 1.77. The van der Waals surface area contributed by atoms with Gasteiger partial charge in [0.1, 0.15) is 6.04 Å². The molecule has 0 fully saturated rings. The average Bonchev–Trinajstić information content (AvgIpc) is 1.65. The predicted molar refractivity (Wildman–Crippen MR) is 39.8 cm³/mol. The maximum absolute atomic E-state index is 9.76. The van der Waals surface area contributed by atoms with E-state index in [2.05, 4.69) is 12.6 Å². The molecule has 0 saturated carbocycles. The number of hydrogen-bond acceptors (Lipinski definition) is 3. The zero-order valence-corrected chi connectivity index (χ0v) is 6.68. The summed E-state index contributed by atoms with van der Waals surface area (Å²) in [5.41, 5.74) is 4.94. The Balaban J connectivity index is 0. The first kappa shape index (κ1) is 11.1. The lowest BCUT2D eigenvalue weighted by molar-refractivity contribution is -0.137. The molecule has 0 amide bonds. The van der Waals surface area contributed by atoms with Crippen molar-refractivity contribution >= 4 is 35.6 Å². The first-order chi connectivity index (χ1) is 3.18. The second kappa shape index (κ2) is 5.40. The Bertz CT molecular complexity index is 79.7. The molecule has 0 spiro atoms. The first-order valence-corrected chi connectivity index (χ1v) is 2.41. The minimum absolute atomic E-state index is 0. The van der Waals surface area contributed by atoms with Gasteiger partial charge in [-0.2, -0.15) is 12.6 Å². The van der Waals surface area contributed by atoms with Crippen LogP contribution in [0.4, 0.5) is 0 Å². The summed E-state index contributed by atoms with van der Waals surface area (Å²) in [6, 6.07) is -0.816. The molecule has 3 N–H and O–H groups in total. The number of nitrogens with two attached hydrogens (primary N) is 1. The van der Waals surface area contributed by atoms with Crippen LogP contribution in [0.3, 0.4) is 0 Å². The maximum atomic E-state index is 9.76. The van der Waals surface area contributed by atoms with E-state index in [1.807, 2.05) is 0 Å². The maximum Gasteiger partial charge on any atom is 0.321 e. The zero-order chi connectivity index (χ0) is 5.86. The average molecular weight is 202 g/mol. The van der Waals surface area contributed by atoms with Crippen LogP contribution >= 0.6 is 29.6 Å². The van der Waals surface area contributed by atoms with Crippen LogP contribution in [0.5, 0.6) is 0 Å². The summed E-state index contributed by atoms with van der Waals surface area (Å²) in [7, 11) is 0. The molecule has 1 unspecified atom stereocenters. The van der Waals surface area contributed by atoms with Crippen LogP contribution in [0.25, 0.3) is 0 Å².